The highest BCUT2D eigenvalue weighted by Gasteiger charge is 2.30. The smallest absolute Gasteiger partial charge is 0.416 e. The standard InChI is InChI=1S/C18H13F3N2O/c1-12-11-22-10-8-15(12)16-3-2-9-23-17(16)24-14-6-4-13(5-7-14)18(19,20)21/h2-11H,1H3. The number of hydrogen-bond donors (Lipinski definition) is 0. The van der Waals surface area contributed by atoms with Gasteiger partial charge in [-0.25, -0.2) is 4.98 Å². The summed E-state index contributed by atoms with van der Waals surface area (Å²) in [7, 11) is 0. The van der Waals surface area contributed by atoms with Gasteiger partial charge in [0.2, 0.25) is 5.88 Å². The minimum Gasteiger partial charge on any atom is -0.438 e. The molecule has 0 saturated carbocycles. The molecule has 0 amide bonds. The van der Waals surface area contributed by atoms with Gasteiger partial charge in [-0.2, -0.15) is 13.2 Å². The first kappa shape index (κ1) is 16.0. The number of ether oxygens (including phenoxy) is 1. The molecule has 0 spiro atoms. The number of pyridine rings is 2. The highest BCUT2D eigenvalue weighted by Crippen LogP contribution is 2.34. The lowest BCUT2D eigenvalue weighted by Gasteiger charge is -2.12. The quantitative estimate of drug-likeness (QED) is 0.657. The van der Waals surface area contributed by atoms with E-state index in [1.54, 1.807) is 24.7 Å². The van der Waals surface area contributed by atoms with E-state index in [0.29, 0.717) is 5.88 Å². The average molecular weight is 330 g/mol. The van der Waals surface area contributed by atoms with Crippen molar-refractivity contribution in [3.05, 3.63) is 72.2 Å². The Balaban J connectivity index is 1.93. The SMILES string of the molecule is Cc1cnccc1-c1cccnc1Oc1ccc(C(F)(F)F)cc1. The van der Waals surface area contributed by atoms with Crippen molar-refractivity contribution in [1.82, 2.24) is 9.97 Å². The summed E-state index contributed by atoms with van der Waals surface area (Å²) in [4.78, 5) is 8.25. The first-order valence-corrected chi connectivity index (χ1v) is 7.16. The van der Waals surface area contributed by atoms with Gasteiger partial charge >= 0.3 is 6.18 Å². The van der Waals surface area contributed by atoms with Crippen molar-refractivity contribution in [3.63, 3.8) is 0 Å². The summed E-state index contributed by atoms with van der Waals surface area (Å²) < 4.78 is 43.5. The summed E-state index contributed by atoms with van der Waals surface area (Å²) in [5.74, 6) is 0.612. The van der Waals surface area contributed by atoms with Crippen LogP contribution in [0.2, 0.25) is 0 Å². The maximum Gasteiger partial charge on any atom is 0.416 e. The summed E-state index contributed by atoms with van der Waals surface area (Å²) in [5.41, 5.74) is 1.88. The van der Waals surface area contributed by atoms with Crippen molar-refractivity contribution in [2.24, 2.45) is 0 Å². The van der Waals surface area contributed by atoms with E-state index < -0.39 is 11.7 Å². The summed E-state index contributed by atoms with van der Waals surface area (Å²) in [6.45, 7) is 1.91. The highest BCUT2D eigenvalue weighted by molar-refractivity contribution is 5.71. The third-order valence-electron chi connectivity index (χ3n) is 3.48. The number of aryl methyl sites for hydroxylation is 1. The van der Waals surface area contributed by atoms with E-state index in [9.17, 15) is 13.2 Å². The van der Waals surface area contributed by atoms with E-state index in [-0.39, 0.29) is 5.75 Å². The van der Waals surface area contributed by atoms with Crippen molar-refractivity contribution >= 4 is 0 Å². The summed E-state index contributed by atoms with van der Waals surface area (Å²) >= 11 is 0. The van der Waals surface area contributed by atoms with Crippen LogP contribution in [-0.4, -0.2) is 9.97 Å². The molecule has 3 aromatic rings. The van der Waals surface area contributed by atoms with Gasteiger partial charge in [0, 0.05) is 24.2 Å². The monoisotopic (exact) mass is 330 g/mol. The molecule has 0 N–H and O–H groups in total. The second kappa shape index (κ2) is 6.31. The fourth-order valence-corrected chi connectivity index (χ4v) is 2.28. The van der Waals surface area contributed by atoms with Crippen LogP contribution >= 0.6 is 0 Å². The fourth-order valence-electron chi connectivity index (χ4n) is 2.28. The molecule has 0 unspecified atom stereocenters. The summed E-state index contributed by atoms with van der Waals surface area (Å²) in [6, 6.07) is 9.97. The molecule has 0 fully saturated rings. The Hall–Kier alpha value is -2.89. The van der Waals surface area contributed by atoms with Gasteiger partial charge in [-0.05, 0) is 60.5 Å². The number of halogens is 3. The zero-order valence-electron chi connectivity index (χ0n) is 12.7. The Bertz CT molecular complexity index is 845. The number of alkyl halides is 3. The molecule has 0 aliphatic rings. The normalized spacial score (nSPS) is 11.3. The molecule has 0 saturated heterocycles. The third-order valence-corrected chi connectivity index (χ3v) is 3.48. The van der Waals surface area contributed by atoms with Crippen molar-refractivity contribution in [3.8, 4) is 22.8 Å². The topological polar surface area (TPSA) is 35.0 Å². The lowest BCUT2D eigenvalue weighted by Crippen LogP contribution is -2.04. The predicted molar refractivity (Wildman–Crippen MR) is 83.7 cm³/mol. The number of rotatable bonds is 3. The zero-order valence-corrected chi connectivity index (χ0v) is 12.7. The Morgan fingerprint density at radius 2 is 1.67 bits per heavy atom. The summed E-state index contributed by atoms with van der Waals surface area (Å²) in [6.07, 6.45) is 0.587. The average Bonchev–Trinajstić information content (AvgIpc) is 2.56. The minimum atomic E-state index is -4.37. The molecule has 0 aliphatic heterocycles. The van der Waals surface area contributed by atoms with E-state index in [1.165, 1.54) is 12.1 Å². The lowest BCUT2D eigenvalue weighted by molar-refractivity contribution is -0.137. The molecule has 24 heavy (non-hydrogen) atoms. The maximum absolute atomic E-state index is 12.6. The predicted octanol–water partition coefficient (Wildman–Crippen LogP) is 5.26. The van der Waals surface area contributed by atoms with Gasteiger partial charge in [0.25, 0.3) is 0 Å². The van der Waals surface area contributed by atoms with Crippen LogP contribution in [0, 0.1) is 6.92 Å². The van der Waals surface area contributed by atoms with Crippen LogP contribution in [0.1, 0.15) is 11.1 Å². The fraction of sp³-hybridized carbons (Fsp3) is 0.111. The molecule has 0 radical (unpaired) electrons. The third kappa shape index (κ3) is 3.37. The van der Waals surface area contributed by atoms with Gasteiger partial charge in [0.05, 0.1) is 5.56 Å². The lowest BCUT2D eigenvalue weighted by atomic mass is 10.0. The van der Waals surface area contributed by atoms with Crippen LogP contribution in [0.25, 0.3) is 11.1 Å². The van der Waals surface area contributed by atoms with Crippen LogP contribution in [0.15, 0.2) is 61.1 Å². The van der Waals surface area contributed by atoms with E-state index in [4.69, 9.17) is 4.74 Å². The molecule has 3 rings (SSSR count). The van der Waals surface area contributed by atoms with Gasteiger partial charge < -0.3 is 4.74 Å². The van der Waals surface area contributed by atoms with Crippen molar-refractivity contribution in [1.29, 1.82) is 0 Å². The van der Waals surface area contributed by atoms with Gasteiger partial charge in [0.15, 0.2) is 0 Å². The zero-order chi connectivity index (χ0) is 17.2. The summed E-state index contributed by atoms with van der Waals surface area (Å²) in [5, 5.41) is 0. The molecule has 0 atom stereocenters. The first-order valence-electron chi connectivity index (χ1n) is 7.16. The molecule has 2 heterocycles. The van der Waals surface area contributed by atoms with Crippen molar-refractivity contribution in [2.45, 2.75) is 13.1 Å². The Kier molecular flexibility index (Phi) is 4.20. The van der Waals surface area contributed by atoms with Gasteiger partial charge in [-0.15, -0.1) is 0 Å². The largest absolute Gasteiger partial charge is 0.438 e. The molecular formula is C18H13F3N2O. The van der Waals surface area contributed by atoms with Crippen molar-refractivity contribution in [2.75, 3.05) is 0 Å². The van der Waals surface area contributed by atoms with Crippen LogP contribution < -0.4 is 4.74 Å². The number of hydrogen-bond acceptors (Lipinski definition) is 3. The Morgan fingerprint density at radius 3 is 2.33 bits per heavy atom. The van der Waals surface area contributed by atoms with Crippen LogP contribution in [0.5, 0.6) is 11.6 Å². The van der Waals surface area contributed by atoms with Crippen LogP contribution in [0.4, 0.5) is 13.2 Å². The van der Waals surface area contributed by atoms with E-state index in [0.717, 1.165) is 28.8 Å². The molecular weight excluding hydrogens is 317 g/mol. The van der Waals surface area contributed by atoms with Crippen LogP contribution in [0.3, 0.4) is 0 Å². The molecule has 0 aliphatic carbocycles. The van der Waals surface area contributed by atoms with E-state index >= 15 is 0 Å². The van der Waals surface area contributed by atoms with E-state index in [1.807, 2.05) is 19.1 Å². The number of benzene rings is 1. The van der Waals surface area contributed by atoms with Gasteiger partial charge in [-0.3, -0.25) is 4.98 Å². The molecule has 1 aromatic carbocycles. The van der Waals surface area contributed by atoms with Gasteiger partial charge in [-0.1, -0.05) is 0 Å². The highest BCUT2D eigenvalue weighted by atomic mass is 19.4. The first-order chi connectivity index (χ1) is 11.4. The minimum absolute atomic E-state index is 0.287. The molecule has 3 nitrogen and oxygen atoms in total. The van der Waals surface area contributed by atoms with Crippen LogP contribution in [-0.2, 0) is 6.18 Å². The number of aromatic nitrogens is 2. The molecule has 2 aromatic heterocycles. The molecule has 0 bridgehead atoms. The molecule has 122 valence electrons. The second-order valence-corrected chi connectivity index (χ2v) is 5.17. The maximum atomic E-state index is 12.6. The van der Waals surface area contributed by atoms with E-state index in [2.05, 4.69) is 9.97 Å². The second-order valence-electron chi connectivity index (χ2n) is 5.17. The van der Waals surface area contributed by atoms with Crippen molar-refractivity contribution < 1.29 is 17.9 Å². The molecule has 6 heteroatoms. The number of nitrogens with zero attached hydrogens (tertiary/aromatic N) is 2. The Labute approximate surface area is 136 Å². The van der Waals surface area contributed by atoms with Gasteiger partial charge in [0.1, 0.15) is 5.75 Å². The Morgan fingerprint density at radius 1 is 0.917 bits per heavy atom.